The highest BCUT2D eigenvalue weighted by Crippen LogP contribution is 2.42. The Kier molecular flexibility index (Phi) is 0.592. The van der Waals surface area contributed by atoms with Gasteiger partial charge in [0.15, 0.2) is 0 Å². The molecule has 1 atom stereocenters. The molecule has 2 aliphatic carbocycles. The highest BCUT2D eigenvalue weighted by molar-refractivity contribution is 5.07. The van der Waals surface area contributed by atoms with Crippen LogP contribution in [0.3, 0.4) is 0 Å². The lowest BCUT2D eigenvalue weighted by Crippen LogP contribution is -2.03. The molecule has 0 amide bonds. The van der Waals surface area contributed by atoms with Gasteiger partial charge in [0.2, 0.25) is 0 Å². The summed E-state index contributed by atoms with van der Waals surface area (Å²) in [6.45, 7) is 0. The van der Waals surface area contributed by atoms with Crippen molar-refractivity contribution in [1.29, 1.82) is 0 Å². The topological polar surface area (TPSA) is 0 Å². The highest BCUT2D eigenvalue weighted by Gasteiger charge is 2.30. The van der Waals surface area contributed by atoms with Crippen LogP contribution in [0.25, 0.3) is 0 Å². The molecule has 0 aromatic carbocycles. The minimum atomic E-state index is 1.01. The Morgan fingerprint density at radius 2 is 2.00 bits per heavy atom. The molecular formula is C7H10. The minimum Gasteiger partial charge on any atom is -0.0876 e. The Morgan fingerprint density at radius 3 is 2.14 bits per heavy atom. The molecule has 0 N–H and O–H groups in total. The Hall–Kier alpha value is -0.260. The summed E-state index contributed by atoms with van der Waals surface area (Å²) in [6.07, 6.45) is 9.04. The SMILES string of the molecule is C1=CC(C2CC2)C1. The van der Waals surface area contributed by atoms with Crippen LogP contribution >= 0.6 is 0 Å². The Balaban J connectivity index is 1.96. The van der Waals surface area contributed by atoms with Gasteiger partial charge in [-0.25, -0.2) is 0 Å². The molecule has 0 spiro atoms. The lowest BCUT2D eigenvalue weighted by Gasteiger charge is -2.15. The summed E-state index contributed by atoms with van der Waals surface area (Å²) in [7, 11) is 0. The maximum Gasteiger partial charge on any atom is -0.0171 e. The Labute approximate surface area is 44.2 Å². The van der Waals surface area contributed by atoms with Crippen LogP contribution in [0, 0.1) is 11.8 Å². The van der Waals surface area contributed by atoms with E-state index in [4.69, 9.17) is 0 Å². The summed E-state index contributed by atoms with van der Waals surface area (Å²) < 4.78 is 0. The predicted molar refractivity (Wildman–Crippen MR) is 30.0 cm³/mol. The van der Waals surface area contributed by atoms with Crippen molar-refractivity contribution in [2.75, 3.05) is 0 Å². The second-order valence-electron chi connectivity index (χ2n) is 2.67. The van der Waals surface area contributed by atoms with Gasteiger partial charge < -0.3 is 0 Å². The predicted octanol–water partition coefficient (Wildman–Crippen LogP) is 1.97. The molecule has 2 rings (SSSR count). The van der Waals surface area contributed by atoms with Crippen LogP contribution in [0.2, 0.25) is 0 Å². The third-order valence-corrected chi connectivity index (χ3v) is 2.02. The molecule has 0 nitrogen and oxygen atoms in total. The maximum atomic E-state index is 2.36. The van der Waals surface area contributed by atoms with E-state index in [1.807, 2.05) is 0 Å². The fraction of sp³-hybridized carbons (Fsp3) is 0.714. The molecule has 0 aromatic heterocycles. The van der Waals surface area contributed by atoms with Crippen LogP contribution in [0.5, 0.6) is 0 Å². The molecule has 0 aliphatic heterocycles. The van der Waals surface area contributed by atoms with Crippen LogP contribution in [0.4, 0.5) is 0 Å². The number of rotatable bonds is 1. The van der Waals surface area contributed by atoms with Gasteiger partial charge in [-0.1, -0.05) is 12.2 Å². The standard InChI is InChI=1S/C7H10/c1-2-6(3-1)7-4-5-7/h1-2,6-7H,3-5H2. The molecule has 2 aliphatic rings. The fourth-order valence-electron chi connectivity index (χ4n) is 1.17. The summed E-state index contributed by atoms with van der Waals surface area (Å²) in [5.41, 5.74) is 0. The van der Waals surface area contributed by atoms with Gasteiger partial charge in [0, 0.05) is 0 Å². The molecule has 0 saturated heterocycles. The first-order valence-electron chi connectivity index (χ1n) is 3.13. The second-order valence-corrected chi connectivity index (χ2v) is 2.67. The van der Waals surface area contributed by atoms with Crippen LogP contribution in [-0.2, 0) is 0 Å². The van der Waals surface area contributed by atoms with Crippen LogP contribution in [0.1, 0.15) is 19.3 Å². The normalized spacial score (nSPS) is 38.0. The zero-order chi connectivity index (χ0) is 4.69. The van der Waals surface area contributed by atoms with E-state index < -0.39 is 0 Å². The Bertz CT molecular complexity index is 98.6. The van der Waals surface area contributed by atoms with E-state index in [9.17, 15) is 0 Å². The zero-order valence-electron chi connectivity index (χ0n) is 4.43. The molecule has 0 bridgehead atoms. The van der Waals surface area contributed by atoms with Crippen molar-refractivity contribution in [3.05, 3.63) is 12.2 Å². The van der Waals surface area contributed by atoms with Gasteiger partial charge in [0.05, 0.1) is 0 Å². The fourth-order valence-corrected chi connectivity index (χ4v) is 1.17. The minimum absolute atomic E-state index is 1.01. The molecule has 1 saturated carbocycles. The first kappa shape index (κ1) is 3.71. The van der Waals surface area contributed by atoms with Crippen molar-refractivity contribution in [1.82, 2.24) is 0 Å². The number of allylic oxidation sites excluding steroid dienone is 2. The third kappa shape index (κ3) is 0.495. The number of hydrogen-bond acceptors (Lipinski definition) is 0. The van der Waals surface area contributed by atoms with Crippen LogP contribution < -0.4 is 0 Å². The molecule has 7 heavy (non-hydrogen) atoms. The molecule has 0 radical (unpaired) electrons. The first-order chi connectivity index (χ1) is 3.47. The highest BCUT2D eigenvalue weighted by atomic mass is 14.4. The number of hydrogen-bond donors (Lipinski definition) is 0. The van der Waals surface area contributed by atoms with E-state index in [0.717, 1.165) is 11.8 Å². The van der Waals surface area contributed by atoms with Gasteiger partial charge >= 0.3 is 0 Å². The van der Waals surface area contributed by atoms with Gasteiger partial charge in [0.1, 0.15) is 0 Å². The van der Waals surface area contributed by atoms with E-state index in [0.29, 0.717) is 0 Å². The molecule has 38 valence electrons. The maximum absolute atomic E-state index is 2.36. The second kappa shape index (κ2) is 1.12. The average Bonchev–Trinajstić information content (AvgIpc) is 2.10. The summed E-state index contributed by atoms with van der Waals surface area (Å²) in [6, 6.07) is 0. The van der Waals surface area contributed by atoms with E-state index in [1.54, 1.807) is 0 Å². The van der Waals surface area contributed by atoms with Crippen molar-refractivity contribution in [2.24, 2.45) is 11.8 Å². The van der Waals surface area contributed by atoms with Gasteiger partial charge in [-0.2, -0.15) is 0 Å². The largest absolute Gasteiger partial charge is 0.0876 e. The average molecular weight is 94.2 g/mol. The van der Waals surface area contributed by atoms with E-state index in [2.05, 4.69) is 12.2 Å². The van der Waals surface area contributed by atoms with E-state index in [1.165, 1.54) is 19.3 Å². The quantitative estimate of drug-likeness (QED) is 0.436. The first-order valence-corrected chi connectivity index (χ1v) is 3.13. The monoisotopic (exact) mass is 94.1 g/mol. The molecule has 1 unspecified atom stereocenters. The molecule has 0 aromatic rings. The van der Waals surface area contributed by atoms with Gasteiger partial charge in [0.25, 0.3) is 0 Å². The van der Waals surface area contributed by atoms with Crippen molar-refractivity contribution in [3.8, 4) is 0 Å². The third-order valence-electron chi connectivity index (χ3n) is 2.02. The summed E-state index contributed by atoms with van der Waals surface area (Å²) in [5, 5.41) is 0. The smallest absolute Gasteiger partial charge is 0.0171 e. The lowest BCUT2D eigenvalue weighted by atomic mass is 9.91. The van der Waals surface area contributed by atoms with Gasteiger partial charge in [-0.05, 0) is 31.1 Å². The van der Waals surface area contributed by atoms with Crippen molar-refractivity contribution < 1.29 is 0 Å². The molecule has 0 heterocycles. The summed E-state index contributed by atoms with van der Waals surface area (Å²) in [4.78, 5) is 0. The van der Waals surface area contributed by atoms with Crippen LogP contribution in [-0.4, -0.2) is 0 Å². The molecule has 0 heteroatoms. The lowest BCUT2D eigenvalue weighted by molar-refractivity contribution is 0.534. The van der Waals surface area contributed by atoms with E-state index in [-0.39, 0.29) is 0 Å². The van der Waals surface area contributed by atoms with Crippen molar-refractivity contribution in [3.63, 3.8) is 0 Å². The molecule has 1 fully saturated rings. The summed E-state index contributed by atoms with van der Waals surface area (Å²) in [5.74, 6) is 2.13. The van der Waals surface area contributed by atoms with Gasteiger partial charge in [-0.15, -0.1) is 0 Å². The zero-order valence-corrected chi connectivity index (χ0v) is 4.43. The summed E-state index contributed by atoms with van der Waals surface area (Å²) >= 11 is 0. The molecular weight excluding hydrogens is 84.1 g/mol. The van der Waals surface area contributed by atoms with E-state index >= 15 is 0 Å². The van der Waals surface area contributed by atoms with Gasteiger partial charge in [-0.3, -0.25) is 0 Å². The van der Waals surface area contributed by atoms with Crippen molar-refractivity contribution >= 4 is 0 Å². The Morgan fingerprint density at radius 1 is 1.29 bits per heavy atom. The van der Waals surface area contributed by atoms with Crippen molar-refractivity contribution in [2.45, 2.75) is 19.3 Å². The van der Waals surface area contributed by atoms with Crippen LogP contribution in [0.15, 0.2) is 12.2 Å².